The molecule has 0 radical (unpaired) electrons. The van der Waals surface area contributed by atoms with Crippen LogP contribution in [0.25, 0.3) is 0 Å². The first-order valence-electron chi connectivity index (χ1n) is 13.0. The lowest BCUT2D eigenvalue weighted by Crippen LogP contribution is -2.48. The van der Waals surface area contributed by atoms with Gasteiger partial charge in [-0.25, -0.2) is 0 Å². The Kier molecular flexibility index (Phi) is 31.1. The second-order valence-corrected chi connectivity index (χ2v) is 10.3. The number of piperazine rings is 2. The molecule has 36 heavy (non-hydrogen) atoms. The highest BCUT2D eigenvalue weighted by atomic mass is 35.5. The summed E-state index contributed by atoms with van der Waals surface area (Å²) in [5.41, 5.74) is 0. The average molecular weight is 641 g/mol. The SMILES string of the molecule is Cl.Cl.Cl.Cl.OC(CCl)CN1CCN(CCCCCCCCCCN2CCN(CC(O)CCl)CC2)CC1. The molecule has 0 bridgehead atoms. The number of unbranched alkanes of at least 4 members (excludes halogenated alkanes) is 7. The van der Waals surface area contributed by atoms with Gasteiger partial charge in [-0.1, -0.05) is 38.5 Å². The minimum absolute atomic E-state index is 0. The Bertz CT molecular complexity index is 420. The van der Waals surface area contributed by atoms with Gasteiger partial charge in [0.05, 0.1) is 12.2 Å². The van der Waals surface area contributed by atoms with Crippen LogP contribution in [0.1, 0.15) is 51.4 Å². The molecule has 2 aliphatic rings. The summed E-state index contributed by atoms with van der Waals surface area (Å²) in [6.45, 7) is 12.6. The van der Waals surface area contributed by atoms with Crippen LogP contribution < -0.4 is 0 Å². The number of aliphatic hydroxyl groups is 2. The van der Waals surface area contributed by atoms with Crippen LogP contribution in [0.4, 0.5) is 0 Å². The number of nitrogens with zero attached hydrogens (tertiary/aromatic N) is 4. The van der Waals surface area contributed by atoms with E-state index in [-0.39, 0.29) is 61.8 Å². The number of hydrogen-bond acceptors (Lipinski definition) is 6. The van der Waals surface area contributed by atoms with E-state index in [2.05, 4.69) is 19.6 Å². The lowest BCUT2D eigenvalue weighted by molar-refractivity contribution is 0.0812. The van der Waals surface area contributed by atoms with E-state index in [9.17, 15) is 10.2 Å². The van der Waals surface area contributed by atoms with Crippen molar-refractivity contribution >= 4 is 72.8 Å². The van der Waals surface area contributed by atoms with Crippen LogP contribution in [-0.2, 0) is 0 Å². The molecule has 0 aromatic heterocycles. The Hall–Kier alpha value is 1.50. The van der Waals surface area contributed by atoms with Crippen molar-refractivity contribution in [2.24, 2.45) is 0 Å². The van der Waals surface area contributed by atoms with Gasteiger partial charge in [-0.2, -0.15) is 0 Å². The molecule has 0 aromatic carbocycles. The topological polar surface area (TPSA) is 53.4 Å². The summed E-state index contributed by atoms with van der Waals surface area (Å²) >= 11 is 11.4. The maximum atomic E-state index is 9.67. The summed E-state index contributed by atoms with van der Waals surface area (Å²) in [4.78, 5) is 9.81. The highest BCUT2D eigenvalue weighted by Gasteiger charge is 2.19. The summed E-state index contributed by atoms with van der Waals surface area (Å²) < 4.78 is 0. The van der Waals surface area contributed by atoms with Crippen LogP contribution in [0.5, 0.6) is 0 Å². The third-order valence-electron chi connectivity index (χ3n) is 6.92. The average Bonchev–Trinajstić information content (AvgIpc) is 2.82. The predicted octanol–water partition coefficient (Wildman–Crippen LogP) is 4.23. The molecule has 0 saturated carbocycles. The molecule has 2 rings (SSSR count). The molecule has 0 amide bonds. The number of β-amino-alcohol motifs (C(OH)–C–C–N with tert-alkyl or cyclic N) is 2. The van der Waals surface area contributed by atoms with E-state index >= 15 is 0 Å². The number of halogens is 6. The zero-order valence-electron chi connectivity index (χ0n) is 21.8. The molecule has 2 fully saturated rings. The lowest BCUT2D eigenvalue weighted by atomic mass is 10.1. The normalized spacial score (nSPS) is 19.3. The van der Waals surface area contributed by atoms with Crippen LogP contribution >= 0.6 is 72.8 Å². The van der Waals surface area contributed by atoms with Gasteiger partial charge in [-0.3, -0.25) is 9.80 Å². The Morgan fingerprint density at radius 1 is 0.444 bits per heavy atom. The Labute approximate surface area is 255 Å². The maximum Gasteiger partial charge on any atom is 0.0802 e. The van der Waals surface area contributed by atoms with Crippen LogP contribution in [-0.4, -0.2) is 132 Å². The zero-order chi connectivity index (χ0) is 23.0. The van der Waals surface area contributed by atoms with E-state index in [0.29, 0.717) is 24.8 Å². The smallest absolute Gasteiger partial charge is 0.0802 e. The van der Waals surface area contributed by atoms with Crippen molar-refractivity contribution in [2.75, 3.05) is 90.3 Å². The fourth-order valence-electron chi connectivity index (χ4n) is 4.82. The quantitative estimate of drug-likeness (QED) is 0.183. The molecule has 2 atom stereocenters. The van der Waals surface area contributed by atoms with Gasteiger partial charge in [0, 0.05) is 77.2 Å². The largest absolute Gasteiger partial charge is 0.391 e. The fraction of sp³-hybridized carbons (Fsp3) is 1.00. The molecule has 0 aliphatic carbocycles. The molecule has 0 aromatic rings. The molecule has 222 valence electrons. The van der Waals surface area contributed by atoms with E-state index in [1.54, 1.807) is 0 Å². The summed E-state index contributed by atoms with van der Waals surface area (Å²) in [5, 5.41) is 19.3. The maximum absolute atomic E-state index is 9.67. The molecular weight excluding hydrogens is 589 g/mol. The summed E-state index contributed by atoms with van der Waals surface area (Å²) in [6.07, 6.45) is 10.1. The Morgan fingerprint density at radius 3 is 0.972 bits per heavy atom. The summed E-state index contributed by atoms with van der Waals surface area (Å²) in [6, 6.07) is 0. The van der Waals surface area contributed by atoms with Crippen LogP contribution in [0, 0.1) is 0 Å². The first-order valence-corrected chi connectivity index (χ1v) is 14.0. The van der Waals surface area contributed by atoms with Gasteiger partial charge in [0.1, 0.15) is 0 Å². The van der Waals surface area contributed by atoms with Crippen molar-refractivity contribution in [3.8, 4) is 0 Å². The number of hydrogen-bond donors (Lipinski definition) is 2. The fourth-order valence-corrected chi connectivity index (χ4v) is 5.01. The molecule has 6 nitrogen and oxygen atoms in total. The highest BCUT2D eigenvalue weighted by Crippen LogP contribution is 2.12. The van der Waals surface area contributed by atoms with Crippen molar-refractivity contribution in [3.63, 3.8) is 0 Å². The first-order chi connectivity index (χ1) is 15.6. The van der Waals surface area contributed by atoms with Crippen molar-refractivity contribution < 1.29 is 10.2 Å². The van der Waals surface area contributed by atoms with Crippen molar-refractivity contribution in [2.45, 2.75) is 63.6 Å². The van der Waals surface area contributed by atoms with E-state index in [1.165, 1.54) is 64.5 Å². The van der Waals surface area contributed by atoms with Gasteiger partial charge in [0.25, 0.3) is 0 Å². The van der Waals surface area contributed by atoms with Crippen LogP contribution in [0.3, 0.4) is 0 Å². The lowest BCUT2D eigenvalue weighted by Gasteiger charge is -2.35. The molecule has 12 heteroatoms. The van der Waals surface area contributed by atoms with Crippen LogP contribution in [0.2, 0.25) is 0 Å². The van der Waals surface area contributed by atoms with Gasteiger partial charge in [-0.15, -0.1) is 72.8 Å². The minimum atomic E-state index is -0.388. The zero-order valence-corrected chi connectivity index (χ0v) is 26.6. The minimum Gasteiger partial charge on any atom is -0.391 e. The van der Waals surface area contributed by atoms with E-state index < -0.39 is 0 Å². The first kappa shape index (κ1) is 42.0. The molecule has 2 saturated heterocycles. The molecule has 2 aliphatic heterocycles. The Morgan fingerprint density at radius 2 is 0.694 bits per heavy atom. The molecular formula is C24H52Cl6N4O2. The summed E-state index contributed by atoms with van der Waals surface area (Å²) in [7, 11) is 0. The molecule has 2 unspecified atom stereocenters. The van der Waals surface area contributed by atoms with Gasteiger partial charge < -0.3 is 20.0 Å². The highest BCUT2D eigenvalue weighted by molar-refractivity contribution is 6.18. The predicted molar refractivity (Wildman–Crippen MR) is 165 cm³/mol. The number of aliphatic hydroxyl groups excluding tert-OH is 2. The standard InChI is InChI=1S/C24H48Cl2N4O2.4ClH/c25-19-23(31)21-29-15-11-27(12-16-29)9-7-5-3-1-2-4-6-8-10-28-13-17-30(18-14-28)22-24(32)20-26;;;;/h23-24,31-32H,1-22H2;4*1H. The monoisotopic (exact) mass is 638 g/mol. The number of rotatable bonds is 17. The van der Waals surface area contributed by atoms with Gasteiger partial charge >= 0.3 is 0 Å². The third kappa shape index (κ3) is 19.5. The van der Waals surface area contributed by atoms with Crippen molar-refractivity contribution in [1.82, 2.24) is 19.6 Å². The number of alkyl halides is 2. The van der Waals surface area contributed by atoms with Crippen molar-refractivity contribution in [3.05, 3.63) is 0 Å². The van der Waals surface area contributed by atoms with E-state index in [4.69, 9.17) is 23.2 Å². The molecule has 2 heterocycles. The van der Waals surface area contributed by atoms with E-state index in [1.807, 2.05) is 0 Å². The van der Waals surface area contributed by atoms with Crippen LogP contribution in [0.15, 0.2) is 0 Å². The van der Waals surface area contributed by atoms with Gasteiger partial charge in [0.2, 0.25) is 0 Å². The Balaban J connectivity index is -0.00000272. The second kappa shape index (κ2) is 26.7. The van der Waals surface area contributed by atoms with Gasteiger partial charge in [0.15, 0.2) is 0 Å². The summed E-state index contributed by atoms with van der Waals surface area (Å²) in [5.74, 6) is 0.666. The second-order valence-electron chi connectivity index (χ2n) is 9.73. The van der Waals surface area contributed by atoms with Crippen molar-refractivity contribution in [1.29, 1.82) is 0 Å². The molecule has 2 N–H and O–H groups in total. The van der Waals surface area contributed by atoms with E-state index in [0.717, 1.165) is 52.4 Å². The van der Waals surface area contributed by atoms with Gasteiger partial charge in [-0.05, 0) is 25.9 Å². The molecule has 0 spiro atoms. The third-order valence-corrected chi connectivity index (χ3v) is 7.64.